The number of carbonyl (C=O) groups excluding carboxylic acids is 2. The second-order valence-corrected chi connectivity index (χ2v) is 8.07. The van der Waals surface area contributed by atoms with Crippen molar-refractivity contribution in [2.24, 2.45) is 5.92 Å². The highest BCUT2D eigenvalue weighted by Crippen LogP contribution is 2.24. The molecule has 2 aliphatic rings. The number of methoxy groups -OCH3 is 1. The van der Waals surface area contributed by atoms with Crippen LogP contribution >= 0.6 is 0 Å². The lowest BCUT2D eigenvalue weighted by molar-refractivity contribution is -0.137. The van der Waals surface area contributed by atoms with Gasteiger partial charge in [-0.25, -0.2) is 4.79 Å². The lowest BCUT2D eigenvalue weighted by Gasteiger charge is -2.39. The van der Waals surface area contributed by atoms with E-state index in [4.69, 9.17) is 4.74 Å². The van der Waals surface area contributed by atoms with E-state index in [9.17, 15) is 9.59 Å². The van der Waals surface area contributed by atoms with Gasteiger partial charge in [-0.2, -0.15) is 0 Å². The number of benzene rings is 2. The quantitative estimate of drug-likeness (QED) is 0.821. The third-order valence-corrected chi connectivity index (χ3v) is 6.17. The first-order valence-corrected chi connectivity index (χ1v) is 10.9. The fourth-order valence-electron chi connectivity index (χ4n) is 4.30. The first-order valence-electron chi connectivity index (χ1n) is 10.9. The van der Waals surface area contributed by atoms with E-state index in [-0.39, 0.29) is 17.9 Å². The first-order chi connectivity index (χ1) is 15.1. The van der Waals surface area contributed by atoms with Crippen LogP contribution < -0.4 is 15.0 Å². The maximum absolute atomic E-state index is 13.0. The summed E-state index contributed by atoms with van der Waals surface area (Å²) in [7, 11) is 1.67. The number of anilines is 2. The second kappa shape index (κ2) is 9.73. The predicted octanol–water partition coefficient (Wildman–Crippen LogP) is 3.29. The molecule has 2 fully saturated rings. The van der Waals surface area contributed by atoms with Crippen LogP contribution in [0.5, 0.6) is 5.75 Å². The summed E-state index contributed by atoms with van der Waals surface area (Å²) in [5, 5.41) is 2.92. The van der Waals surface area contributed by atoms with Gasteiger partial charge in [0.1, 0.15) is 5.75 Å². The van der Waals surface area contributed by atoms with Gasteiger partial charge in [-0.15, -0.1) is 0 Å². The van der Waals surface area contributed by atoms with Crippen molar-refractivity contribution in [3.8, 4) is 5.75 Å². The van der Waals surface area contributed by atoms with Crippen LogP contribution in [0, 0.1) is 5.92 Å². The summed E-state index contributed by atoms with van der Waals surface area (Å²) in [5.74, 6) is 1.08. The zero-order chi connectivity index (χ0) is 21.6. The molecule has 7 heteroatoms. The number of nitrogens with zero attached hydrogens (tertiary/aromatic N) is 3. The van der Waals surface area contributed by atoms with E-state index < -0.39 is 0 Å². The van der Waals surface area contributed by atoms with Crippen molar-refractivity contribution >= 4 is 23.3 Å². The van der Waals surface area contributed by atoms with Gasteiger partial charge < -0.3 is 24.8 Å². The lowest BCUT2D eigenvalue weighted by atomic mass is 9.95. The number of urea groups is 1. The number of hydrogen-bond donors (Lipinski definition) is 1. The second-order valence-electron chi connectivity index (χ2n) is 8.07. The van der Waals surface area contributed by atoms with Crippen LogP contribution in [-0.4, -0.2) is 68.1 Å². The minimum Gasteiger partial charge on any atom is -0.497 e. The van der Waals surface area contributed by atoms with E-state index in [0.29, 0.717) is 13.1 Å². The number of rotatable bonds is 4. The van der Waals surface area contributed by atoms with Crippen LogP contribution in [0.15, 0.2) is 54.6 Å². The van der Waals surface area contributed by atoms with Crippen molar-refractivity contribution in [2.75, 3.05) is 56.6 Å². The molecular weight excluding hydrogens is 392 g/mol. The van der Waals surface area contributed by atoms with Crippen molar-refractivity contribution in [1.29, 1.82) is 0 Å². The summed E-state index contributed by atoms with van der Waals surface area (Å²) in [6.45, 7) is 4.31. The van der Waals surface area contributed by atoms with E-state index in [0.717, 1.165) is 56.1 Å². The van der Waals surface area contributed by atoms with Crippen LogP contribution in [-0.2, 0) is 4.79 Å². The minimum atomic E-state index is -0.0935. The van der Waals surface area contributed by atoms with Crippen molar-refractivity contribution in [2.45, 2.75) is 12.8 Å². The number of piperazine rings is 1. The number of hydrogen-bond acceptors (Lipinski definition) is 4. The molecule has 2 aliphatic heterocycles. The van der Waals surface area contributed by atoms with E-state index in [2.05, 4.69) is 16.3 Å². The molecule has 3 amide bonds. The Balaban J connectivity index is 1.24. The largest absolute Gasteiger partial charge is 0.497 e. The minimum absolute atomic E-state index is 0.00384. The summed E-state index contributed by atoms with van der Waals surface area (Å²) in [4.78, 5) is 31.6. The summed E-state index contributed by atoms with van der Waals surface area (Å²) in [5.41, 5.74) is 1.92. The number of carbonyl (C=O) groups is 2. The highest BCUT2D eigenvalue weighted by atomic mass is 16.5. The van der Waals surface area contributed by atoms with Crippen molar-refractivity contribution < 1.29 is 14.3 Å². The Bertz CT molecular complexity index is 889. The van der Waals surface area contributed by atoms with Gasteiger partial charge in [0.05, 0.1) is 7.11 Å². The lowest BCUT2D eigenvalue weighted by Crippen LogP contribution is -2.52. The van der Waals surface area contributed by atoms with Crippen LogP contribution in [0.25, 0.3) is 0 Å². The van der Waals surface area contributed by atoms with Gasteiger partial charge >= 0.3 is 6.03 Å². The zero-order valence-corrected chi connectivity index (χ0v) is 18.0. The van der Waals surface area contributed by atoms with Gasteiger partial charge in [0.15, 0.2) is 0 Å². The monoisotopic (exact) mass is 422 g/mol. The van der Waals surface area contributed by atoms with Gasteiger partial charge in [-0.3, -0.25) is 4.79 Å². The Morgan fingerprint density at radius 1 is 0.871 bits per heavy atom. The molecule has 7 nitrogen and oxygen atoms in total. The molecule has 0 saturated carbocycles. The molecule has 1 N–H and O–H groups in total. The van der Waals surface area contributed by atoms with Crippen LogP contribution in [0.1, 0.15) is 12.8 Å². The standard InChI is InChI=1S/C24H30N4O3/c1-31-22-9-5-8-21(18-22)26-14-16-27(17-15-26)23(29)19-10-12-28(13-11-19)24(30)25-20-6-3-2-4-7-20/h2-9,18-19H,10-17H2,1H3,(H,25,30). The highest BCUT2D eigenvalue weighted by molar-refractivity contribution is 5.89. The normalized spacial score (nSPS) is 17.4. The van der Waals surface area contributed by atoms with E-state index in [1.807, 2.05) is 53.4 Å². The van der Waals surface area contributed by atoms with E-state index in [1.165, 1.54) is 0 Å². The number of amides is 3. The van der Waals surface area contributed by atoms with Gasteiger partial charge in [0.25, 0.3) is 0 Å². The number of likely N-dealkylation sites (tertiary alicyclic amines) is 1. The Morgan fingerprint density at radius 3 is 2.26 bits per heavy atom. The summed E-state index contributed by atoms with van der Waals surface area (Å²) < 4.78 is 5.32. The van der Waals surface area contributed by atoms with Crippen molar-refractivity contribution in [1.82, 2.24) is 9.80 Å². The third-order valence-electron chi connectivity index (χ3n) is 6.17. The van der Waals surface area contributed by atoms with Gasteiger partial charge in [-0.05, 0) is 37.1 Å². The number of ether oxygens (including phenoxy) is 1. The molecule has 164 valence electrons. The van der Waals surface area contributed by atoms with Gasteiger partial charge in [-0.1, -0.05) is 24.3 Å². The highest BCUT2D eigenvalue weighted by Gasteiger charge is 2.31. The Kier molecular flexibility index (Phi) is 6.60. The SMILES string of the molecule is COc1cccc(N2CCN(C(=O)C3CCN(C(=O)Nc4ccccc4)CC3)CC2)c1. The van der Waals surface area contributed by atoms with Crippen LogP contribution in [0.2, 0.25) is 0 Å². The maximum Gasteiger partial charge on any atom is 0.321 e. The molecule has 2 aromatic carbocycles. The van der Waals surface area contributed by atoms with E-state index in [1.54, 1.807) is 12.0 Å². The molecule has 0 aromatic heterocycles. The average molecular weight is 423 g/mol. The Labute approximate surface area is 183 Å². The average Bonchev–Trinajstić information content (AvgIpc) is 2.84. The first kappa shape index (κ1) is 21.0. The smallest absolute Gasteiger partial charge is 0.321 e. The number of piperidine rings is 1. The Hall–Kier alpha value is -3.22. The molecule has 31 heavy (non-hydrogen) atoms. The number of para-hydroxylation sites is 1. The zero-order valence-electron chi connectivity index (χ0n) is 18.0. The molecule has 0 aliphatic carbocycles. The molecule has 0 radical (unpaired) electrons. The van der Waals surface area contributed by atoms with Crippen LogP contribution in [0.3, 0.4) is 0 Å². The van der Waals surface area contributed by atoms with Gasteiger partial charge in [0, 0.05) is 62.6 Å². The molecule has 4 rings (SSSR count). The Morgan fingerprint density at radius 2 is 1.58 bits per heavy atom. The molecule has 2 aromatic rings. The predicted molar refractivity (Wildman–Crippen MR) is 122 cm³/mol. The molecule has 2 heterocycles. The fourth-order valence-corrected chi connectivity index (χ4v) is 4.30. The molecule has 0 atom stereocenters. The van der Waals surface area contributed by atoms with Crippen molar-refractivity contribution in [3.05, 3.63) is 54.6 Å². The summed E-state index contributed by atoms with van der Waals surface area (Å²) in [6.07, 6.45) is 1.44. The topological polar surface area (TPSA) is 65.1 Å². The molecule has 0 bridgehead atoms. The third kappa shape index (κ3) is 5.10. The summed E-state index contributed by atoms with van der Waals surface area (Å²) >= 11 is 0. The van der Waals surface area contributed by atoms with Crippen LogP contribution in [0.4, 0.5) is 16.2 Å². The molecular formula is C24H30N4O3. The fraction of sp³-hybridized carbons (Fsp3) is 0.417. The van der Waals surface area contributed by atoms with Crippen molar-refractivity contribution in [3.63, 3.8) is 0 Å². The molecule has 2 saturated heterocycles. The summed E-state index contributed by atoms with van der Waals surface area (Å²) in [6, 6.07) is 17.4. The molecule has 0 unspecified atom stereocenters. The molecule has 0 spiro atoms. The van der Waals surface area contributed by atoms with E-state index >= 15 is 0 Å². The van der Waals surface area contributed by atoms with Gasteiger partial charge in [0.2, 0.25) is 5.91 Å². The maximum atomic E-state index is 13.0. The number of nitrogens with one attached hydrogen (secondary N) is 1.